The number of allylic oxidation sites excluding steroid dienone is 2. The van der Waals surface area contributed by atoms with E-state index in [0.717, 1.165) is 88.0 Å². The number of halogens is 1. The number of hydrogen-bond donors (Lipinski definition) is 4. The van der Waals surface area contributed by atoms with Crippen LogP contribution in [0.2, 0.25) is 5.02 Å². The minimum Gasteiger partial charge on any atom is -0.394 e. The van der Waals surface area contributed by atoms with Crippen LogP contribution in [0.3, 0.4) is 0 Å². The first-order chi connectivity index (χ1) is 26.3. The van der Waals surface area contributed by atoms with Crippen molar-refractivity contribution >= 4 is 23.2 Å². The highest BCUT2D eigenvalue weighted by Gasteiger charge is 2.70. The number of benzene rings is 1. The summed E-state index contributed by atoms with van der Waals surface area (Å²) in [4.78, 5) is 19.1. The normalized spacial score (nSPS) is 47.5. The molecule has 0 bridgehead atoms. The largest absolute Gasteiger partial charge is 0.394 e. The Bertz CT molecular complexity index is 1700. The highest BCUT2D eigenvalue weighted by molar-refractivity contribution is 6.33. The van der Waals surface area contributed by atoms with Gasteiger partial charge in [-0.15, -0.1) is 0 Å². The fraction of sp³-hybridized carbons (Fsp3) is 0.804. The summed E-state index contributed by atoms with van der Waals surface area (Å²) in [5.74, 6) is 1.36. The van der Waals surface area contributed by atoms with Gasteiger partial charge in [-0.25, -0.2) is 0 Å². The number of ether oxygens (including phenoxy) is 2. The molecule has 1 amide bonds. The summed E-state index contributed by atoms with van der Waals surface area (Å²) in [6.45, 7) is 19.7. The van der Waals surface area contributed by atoms with Crippen molar-refractivity contribution in [2.75, 3.05) is 37.7 Å². The van der Waals surface area contributed by atoms with Crippen molar-refractivity contribution < 1.29 is 34.7 Å². The molecule has 7 aliphatic rings. The van der Waals surface area contributed by atoms with Crippen LogP contribution in [0.5, 0.6) is 0 Å². The zero-order valence-corrected chi connectivity index (χ0v) is 35.7. The Kier molecular flexibility index (Phi) is 10.4. The zero-order valence-electron chi connectivity index (χ0n) is 35.0. The van der Waals surface area contributed by atoms with Crippen molar-refractivity contribution in [3.8, 4) is 0 Å². The summed E-state index contributed by atoms with van der Waals surface area (Å²) in [7, 11) is 0. The molecule has 2 heterocycles. The van der Waals surface area contributed by atoms with E-state index in [1.54, 1.807) is 5.57 Å². The summed E-state index contributed by atoms with van der Waals surface area (Å²) in [5, 5.41) is 43.0. The second kappa shape index (κ2) is 14.2. The molecule has 56 heavy (non-hydrogen) atoms. The molecule has 5 aliphatic carbocycles. The van der Waals surface area contributed by atoms with E-state index in [0.29, 0.717) is 36.8 Å². The maximum Gasteiger partial charge on any atom is 0.228 e. The maximum absolute atomic E-state index is 14.6. The molecular formula is C46H69ClN2O7. The van der Waals surface area contributed by atoms with Gasteiger partial charge in [-0.05, 0) is 116 Å². The number of aliphatic hydroxyl groups excluding tert-OH is 4. The van der Waals surface area contributed by atoms with E-state index >= 15 is 0 Å². The van der Waals surface area contributed by atoms with Crippen LogP contribution in [0.1, 0.15) is 113 Å². The second-order valence-electron chi connectivity index (χ2n) is 21.2. The zero-order chi connectivity index (χ0) is 40.2. The number of carbonyl (C=O) groups excluding carboxylic acids is 1. The third-order valence-electron chi connectivity index (χ3n) is 18.1. The predicted octanol–water partition coefficient (Wildman–Crippen LogP) is 6.98. The van der Waals surface area contributed by atoms with Crippen molar-refractivity contribution in [1.29, 1.82) is 0 Å². The van der Waals surface area contributed by atoms with Gasteiger partial charge >= 0.3 is 0 Å². The lowest BCUT2D eigenvalue weighted by Gasteiger charge is -2.72. The molecule has 2 aliphatic heterocycles. The summed E-state index contributed by atoms with van der Waals surface area (Å²) in [5.41, 5.74) is 2.20. The third kappa shape index (κ3) is 6.09. The minimum absolute atomic E-state index is 0.0129. The Morgan fingerprint density at radius 3 is 2.25 bits per heavy atom. The van der Waals surface area contributed by atoms with E-state index in [-0.39, 0.29) is 33.2 Å². The molecule has 8 rings (SSSR count). The summed E-state index contributed by atoms with van der Waals surface area (Å²) < 4.78 is 12.8. The molecule has 14 atom stereocenters. The second-order valence-corrected chi connectivity index (χ2v) is 21.6. The molecule has 9 nitrogen and oxygen atoms in total. The van der Waals surface area contributed by atoms with Gasteiger partial charge in [-0.1, -0.05) is 83.8 Å². The fourth-order valence-electron chi connectivity index (χ4n) is 14.3. The molecule has 10 heteroatoms. The topological polar surface area (TPSA) is 123 Å². The molecule has 4 saturated carbocycles. The SMILES string of the molecule is CC1(C(=O)N2CCN(c3ccccc3Cl)CC2)CC[C@]2(C)CC[C@]3(C)C(=CCC4[C@@]5(C)C(O[C@@H]6O[C@H](CO)[C@@H](O)[C@@H](O)[C@H]6O)CCC(C)(C)C5CC[C@]43C)[C@@H]2C1. The molecule has 6 fully saturated rings. The van der Waals surface area contributed by atoms with Gasteiger partial charge in [0.05, 0.1) is 23.4 Å². The lowest BCUT2D eigenvalue weighted by Crippen LogP contribution is -2.67. The van der Waals surface area contributed by atoms with E-state index in [2.05, 4.69) is 70.4 Å². The van der Waals surface area contributed by atoms with Gasteiger partial charge in [-0.2, -0.15) is 0 Å². The van der Waals surface area contributed by atoms with Gasteiger partial charge in [0.1, 0.15) is 24.4 Å². The standard InChI is InChI=1S/C46H69ClN2O7/c1-41(2)16-15-35(56-39-38(53)37(52)36(51)32(27-50)55-39)46(7)33(41)14-17-45(6)34(46)13-12-28-29-26-43(4,19-18-42(29,3)20-21-44(28,45)5)40(54)49-24-22-48(23-25-49)31-11-9-8-10-30(31)47/h8-12,29,32-39,50-53H,13-27H2,1-7H3/t29-,32+,33?,34?,35?,36+,37+,38+,39-,42+,43?,44+,45+,46-/m0/s1. The van der Waals surface area contributed by atoms with Gasteiger partial charge in [0, 0.05) is 37.0 Å². The molecule has 4 N–H and O–H groups in total. The Morgan fingerprint density at radius 2 is 1.55 bits per heavy atom. The Morgan fingerprint density at radius 1 is 0.857 bits per heavy atom. The molecule has 2 saturated heterocycles. The molecular weight excluding hydrogens is 728 g/mol. The number of piperazine rings is 1. The molecule has 0 radical (unpaired) electrons. The summed E-state index contributed by atoms with van der Waals surface area (Å²) >= 11 is 6.55. The van der Waals surface area contributed by atoms with Gasteiger partial charge in [0.25, 0.3) is 0 Å². The average molecular weight is 798 g/mol. The van der Waals surface area contributed by atoms with Crippen LogP contribution in [0.25, 0.3) is 0 Å². The summed E-state index contributed by atoms with van der Waals surface area (Å²) in [6.07, 6.45) is 6.10. The van der Waals surface area contributed by atoms with Crippen LogP contribution in [0, 0.1) is 50.2 Å². The predicted molar refractivity (Wildman–Crippen MR) is 218 cm³/mol. The lowest BCUT2D eigenvalue weighted by atomic mass is 9.33. The Hall–Kier alpha value is -1.72. The van der Waals surface area contributed by atoms with E-state index in [9.17, 15) is 25.2 Å². The van der Waals surface area contributed by atoms with Crippen LogP contribution >= 0.6 is 11.6 Å². The number of nitrogens with zero attached hydrogens (tertiary/aromatic N) is 2. The first-order valence-corrected chi connectivity index (χ1v) is 22.2. The molecule has 0 spiro atoms. The van der Waals surface area contributed by atoms with E-state index in [4.69, 9.17) is 21.1 Å². The average Bonchev–Trinajstić information content (AvgIpc) is 3.17. The summed E-state index contributed by atoms with van der Waals surface area (Å²) in [6, 6.07) is 8.00. The fourth-order valence-corrected chi connectivity index (χ4v) is 14.6. The number of amides is 1. The number of para-hydroxylation sites is 1. The molecule has 0 aromatic heterocycles. The van der Waals surface area contributed by atoms with Gasteiger partial charge in [0.15, 0.2) is 6.29 Å². The minimum atomic E-state index is -1.46. The number of aliphatic hydroxyl groups is 4. The van der Waals surface area contributed by atoms with Crippen molar-refractivity contribution in [3.05, 3.63) is 40.9 Å². The molecule has 4 unspecified atom stereocenters. The van der Waals surface area contributed by atoms with Crippen LogP contribution in [0.15, 0.2) is 35.9 Å². The molecule has 1 aromatic carbocycles. The number of rotatable bonds is 5. The number of anilines is 1. The first-order valence-electron chi connectivity index (χ1n) is 21.8. The van der Waals surface area contributed by atoms with Crippen molar-refractivity contribution in [2.24, 2.45) is 50.2 Å². The van der Waals surface area contributed by atoms with E-state index in [1.165, 1.54) is 0 Å². The maximum atomic E-state index is 14.6. The first kappa shape index (κ1) is 41.0. The van der Waals surface area contributed by atoms with Crippen molar-refractivity contribution in [2.45, 2.75) is 149 Å². The lowest BCUT2D eigenvalue weighted by molar-refractivity contribution is -0.337. The highest BCUT2D eigenvalue weighted by Crippen LogP contribution is 2.76. The van der Waals surface area contributed by atoms with Crippen LogP contribution in [-0.2, 0) is 14.3 Å². The molecule has 1 aromatic rings. The number of fused-ring (bicyclic) bond motifs is 7. The Labute approximate surface area is 340 Å². The van der Waals surface area contributed by atoms with E-state index in [1.807, 2.05) is 18.2 Å². The molecule has 312 valence electrons. The monoisotopic (exact) mass is 796 g/mol. The Balaban J connectivity index is 1.07. The van der Waals surface area contributed by atoms with E-state index < -0.39 is 42.7 Å². The highest BCUT2D eigenvalue weighted by atomic mass is 35.5. The quantitative estimate of drug-likeness (QED) is 0.236. The van der Waals surface area contributed by atoms with Crippen LogP contribution < -0.4 is 4.90 Å². The van der Waals surface area contributed by atoms with Gasteiger partial charge in [0.2, 0.25) is 5.91 Å². The third-order valence-corrected chi connectivity index (χ3v) is 18.4. The van der Waals surface area contributed by atoms with Crippen molar-refractivity contribution in [3.63, 3.8) is 0 Å². The van der Waals surface area contributed by atoms with Gasteiger partial charge < -0.3 is 39.7 Å². The van der Waals surface area contributed by atoms with Crippen LogP contribution in [0.4, 0.5) is 5.69 Å². The smallest absolute Gasteiger partial charge is 0.228 e. The number of hydrogen-bond acceptors (Lipinski definition) is 8. The van der Waals surface area contributed by atoms with Gasteiger partial charge in [-0.3, -0.25) is 4.79 Å². The van der Waals surface area contributed by atoms with Crippen molar-refractivity contribution in [1.82, 2.24) is 4.90 Å². The number of carbonyl (C=O) groups is 1. The van der Waals surface area contributed by atoms with Crippen LogP contribution in [-0.4, -0.2) is 101 Å².